The molecule has 6 nitrogen and oxygen atoms in total. The molecule has 100 valence electrons. The SMILES string of the molecule is CC(C)(NC(=O)[C@@H]1CC=CC[C@@H]1C(=O)O)C(N)=O. The van der Waals surface area contributed by atoms with Crippen molar-refractivity contribution in [1.29, 1.82) is 0 Å². The van der Waals surface area contributed by atoms with Crippen LogP contribution in [0.1, 0.15) is 26.7 Å². The number of carbonyl (C=O) groups excluding carboxylic acids is 2. The van der Waals surface area contributed by atoms with Crippen LogP contribution in [0.5, 0.6) is 0 Å². The van der Waals surface area contributed by atoms with E-state index in [2.05, 4.69) is 5.32 Å². The first-order chi connectivity index (χ1) is 8.25. The first-order valence-electron chi connectivity index (χ1n) is 5.75. The topological polar surface area (TPSA) is 109 Å². The molecular weight excluding hydrogens is 236 g/mol. The number of nitrogens with one attached hydrogen (secondary N) is 1. The van der Waals surface area contributed by atoms with Crippen molar-refractivity contribution in [3.63, 3.8) is 0 Å². The molecular formula is C12H18N2O4. The monoisotopic (exact) mass is 254 g/mol. The van der Waals surface area contributed by atoms with Gasteiger partial charge in [0.05, 0.1) is 11.8 Å². The number of nitrogens with two attached hydrogens (primary N) is 1. The average molecular weight is 254 g/mol. The van der Waals surface area contributed by atoms with E-state index >= 15 is 0 Å². The van der Waals surface area contributed by atoms with Gasteiger partial charge in [-0.15, -0.1) is 0 Å². The molecule has 0 spiro atoms. The third-order valence-corrected chi connectivity index (χ3v) is 3.14. The molecule has 0 aromatic rings. The van der Waals surface area contributed by atoms with Gasteiger partial charge in [-0.3, -0.25) is 14.4 Å². The van der Waals surface area contributed by atoms with Gasteiger partial charge in [0.25, 0.3) is 0 Å². The number of carbonyl (C=O) groups is 3. The highest BCUT2D eigenvalue weighted by atomic mass is 16.4. The van der Waals surface area contributed by atoms with Gasteiger partial charge in [-0.25, -0.2) is 0 Å². The lowest BCUT2D eigenvalue weighted by Crippen LogP contribution is -2.55. The fourth-order valence-electron chi connectivity index (χ4n) is 1.84. The second kappa shape index (κ2) is 5.20. The van der Waals surface area contributed by atoms with Crippen molar-refractivity contribution in [3.8, 4) is 0 Å². The Kier molecular flexibility index (Phi) is 4.11. The van der Waals surface area contributed by atoms with Crippen molar-refractivity contribution < 1.29 is 19.5 Å². The lowest BCUT2D eigenvalue weighted by molar-refractivity contribution is -0.148. The molecule has 4 N–H and O–H groups in total. The van der Waals surface area contributed by atoms with Gasteiger partial charge in [0.2, 0.25) is 11.8 Å². The van der Waals surface area contributed by atoms with Crippen LogP contribution >= 0.6 is 0 Å². The fourth-order valence-corrected chi connectivity index (χ4v) is 1.84. The predicted octanol–water partition coefficient (Wildman–Crippen LogP) is 0.0335. The highest BCUT2D eigenvalue weighted by molar-refractivity contribution is 5.92. The van der Waals surface area contributed by atoms with Gasteiger partial charge in [0.1, 0.15) is 5.54 Å². The van der Waals surface area contributed by atoms with Crippen molar-refractivity contribution >= 4 is 17.8 Å². The van der Waals surface area contributed by atoms with Crippen LogP contribution in [0.2, 0.25) is 0 Å². The molecule has 0 heterocycles. The molecule has 0 saturated carbocycles. The lowest BCUT2D eigenvalue weighted by atomic mass is 9.82. The standard InChI is InChI=1S/C12H18N2O4/c1-12(2,11(13)18)14-9(15)7-5-3-4-6-8(7)10(16)17/h3-4,7-8H,5-6H2,1-2H3,(H2,13,18)(H,14,15)(H,16,17)/t7-,8+/m1/s1. The van der Waals surface area contributed by atoms with E-state index in [0.717, 1.165) is 0 Å². The van der Waals surface area contributed by atoms with Crippen molar-refractivity contribution in [2.45, 2.75) is 32.2 Å². The summed E-state index contributed by atoms with van der Waals surface area (Å²) in [5, 5.41) is 11.6. The average Bonchev–Trinajstić information content (AvgIpc) is 2.28. The van der Waals surface area contributed by atoms with E-state index in [-0.39, 0.29) is 0 Å². The summed E-state index contributed by atoms with van der Waals surface area (Å²) in [6.07, 6.45) is 4.21. The molecule has 0 bridgehead atoms. The van der Waals surface area contributed by atoms with Crippen molar-refractivity contribution in [3.05, 3.63) is 12.2 Å². The van der Waals surface area contributed by atoms with Crippen LogP contribution in [0.3, 0.4) is 0 Å². The summed E-state index contributed by atoms with van der Waals surface area (Å²) in [5.41, 5.74) is 3.98. The number of rotatable bonds is 4. The minimum atomic E-state index is -1.18. The smallest absolute Gasteiger partial charge is 0.307 e. The Morgan fingerprint density at radius 3 is 2.17 bits per heavy atom. The largest absolute Gasteiger partial charge is 0.481 e. The number of hydrogen-bond acceptors (Lipinski definition) is 3. The summed E-state index contributed by atoms with van der Waals surface area (Å²) in [7, 11) is 0. The molecule has 1 aliphatic carbocycles. The minimum Gasteiger partial charge on any atom is -0.481 e. The molecule has 18 heavy (non-hydrogen) atoms. The van der Waals surface area contributed by atoms with E-state index in [1.807, 2.05) is 0 Å². The molecule has 0 fully saturated rings. The molecule has 6 heteroatoms. The van der Waals surface area contributed by atoms with Crippen LogP contribution in [0.25, 0.3) is 0 Å². The summed E-state index contributed by atoms with van der Waals surface area (Å²) < 4.78 is 0. The van der Waals surface area contributed by atoms with E-state index in [1.165, 1.54) is 13.8 Å². The van der Waals surface area contributed by atoms with Crippen molar-refractivity contribution in [1.82, 2.24) is 5.32 Å². The molecule has 1 aliphatic rings. The van der Waals surface area contributed by atoms with Crippen molar-refractivity contribution in [2.75, 3.05) is 0 Å². The van der Waals surface area contributed by atoms with E-state index < -0.39 is 35.2 Å². The van der Waals surface area contributed by atoms with Gasteiger partial charge in [-0.1, -0.05) is 12.2 Å². The zero-order valence-electron chi connectivity index (χ0n) is 10.5. The summed E-state index contributed by atoms with van der Waals surface area (Å²) in [6, 6.07) is 0. The first-order valence-corrected chi connectivity index (χ1v) is 5.75. The molecule has 0 unspecified atom stereocenters. The fraction of sp³-hybridized carbons (Fsp3) is 0.583. The van der Waals surface area contributed by atoms with E-state index in [0.29, 0.717) is 12.8 Å². The third kappa shape index (κ3) is 3.09. The lowest BCUT2D eigenvalue weighted by Gasteiger charge is -2.29. The molecule has 0 aromatic carbocycles. The zero-order valence-corrected chi connectivity index (χ0v) is 10.5. The Hall–Kier alpha value is -1.85. The van der Waals surface area contributed by atoms with E-state index in [4.69, 9.17) is 10.8 Å². The number of aliphatic carboxylic acids is 1. The third-order valence-electron chi connectivity index (χ3n) is 3.14. The van der Waals surface area contributed by atoms with Crippen LogP contribution < -0.4 is 11.1 Å². The molecule has 0 radical (unpaired) electrons. The molecule has 0 aliphatic heterocycles. The van der Waals surface area contributed by atoms with Crippen molar-refractivity contribution in [2.24, 2.45) is 17.6 Å². The Labute approximate surface area is 105 Å². The predicted molar refractivity (Wildman–Crippen MR) is 64.4 cm³/mol. The van der Waals surface area contributed by atoms with E-state index in [1.54, 1.807) is 12.2 Å². The molecule has 2 atom stereocenters. The van der Waals surface area contributed by atoms with Crippen LogP contribution in [-0.2, 0) is 14.4 Å². The zero-order chi connectivity index (χ0) is 13.9. The normalized spacial score (nSPS) is 23.4. The van der Waals surface area contributed by atoms with Crippen LogP contribution in [0.15, 0.2) is 12.2 Å². The number of allylic oxidation sites excluding steroid dienone is 2. The maximum atomic E-state index is 12.0. The Bertz CT molecular complexity index is 401. The second-order valence-corrected chi connectivity index (χ2v) is 4.97. The van der Waals surface area contributed by atoms with Crippen LogP contribution in [-0.4, -0.2) is 28.4 Å². The second-order valence-electron chi connectivity index (χ2n) is 4.97. The molecule has 2 amide bonds. The quantitative estimate of drug-likeness (QED) is 0.615. The molecule has 0 aromatic heterocycles. The van der Waals surface area contributed by atoms with Gasteiger partial charge in [-0.2, -0.15) is 0 Å². The minimum absolute atomic E-state index is 0.324. The van der Waals surface area contributed by atoms with Gasteiger partial charge < -0.3 is 16.2 Å². The molecule has 0 saturated heterocycles. The number of amides is 2. The number of primary amides is 1. The Morgan fingerprint density at radius 2 is 1.72 bits per heavy atom. The Balaban J connectivity index is 2.80. The highest BCUT2D eigenvalue weighted by Gasteiger charge is 2.37. The summed E-state index contributed by atoms with van der Waals surface area (Å²) in [5.74, 6) is -3.52. The van der Waals surface area contributed by atoms with Gasteiger partial charge in [-0.05, 0) is 26.7 Å². The molecule has 1 rings (SSSR count). The number of carboxylic acids is 1. The first kappa shape index (κ1) is 14.2. The maximum absolute atomic E-state index is 12.0. The number of carboxylic acid groups (broad SMARTS) is 1. The highest BCUT2D eigenvalue weighted by Crippen LogP contribution is 2.26. The summed E-state index contributed by atoms with van der Waals surface area (Å²) in [4.78, 5) is 34.2. The summed E-state index contributed by atoms with van der Waals surface area (Å²) >= 11 is 0. The van der Waals surface area contributed by atoms with Crippen LogP contribution in [0.4, 0.5) is 0 Å². The van der Waals surface area contributed by atoms with E-state index in [9.17, 15) is 14.4 Å². The van der Waals surface area contributed by atoms with Gasteiger partial charge in [0.15, 0.2) is 0 Å². The van der Waals surface area contributed by atoms with Gasteiger partial charge in [0, 0.05) is 0 Å². The number of hydrogen-bond donors (Lipinski definition) is 3. The maximum Gasteiger partial charge on any atom is 0.307 e. The Morgan fingerprint density at radius 1 is 1.22 bits per heavy atom. The summed E-state index contributed by atoms with van der Waals surface area (Å²) in [6.45, 7) is 2.98. The van der Waals surface area contributed by atoms with Gasteiger partial charge >= 0.3 is 5.97 Å². The van der Waals surface area contributed by atoms with Crippen LogP contribution in [0, 0.1) is 11.8 Å².